The predicted molar refractivity (Wildman–Crippen MR) is 89.8 cm³/mol. The second-order valence-electron chi connectivity index (χ2n) is 7.85. The Morgan fingerprint density at radius 3 is 2.43 bits per heavy atom. The minimum absolute atomic E-state index is 0.0334. The van der Waals surface area contributed by atoms with Crippen molar-refractivity contribution in [3.05, 3.63) is 0 Å². The van der Waals surface area contributed by atoms with Crippen molar-refractivity contribution in [1.82, 2.24) is 10.2 Å². The molecule has 2 rings (SSSR count). The van der Waals surface area contributed by atoms with Crippen molar-refractivity contribution >= 4 is 11.8 Å². The molecule has 1 aliphatic heterocycles. The quantitative estimate of drug-likeness (QED) is 0.815. The van der Waals surface area contributed by atoms with Gasteiger partial charge in [0.15, 0.2) is 0 Å². The van der Waals surface area contributed by atoms with Gasteiger partial charge in [0.2, 0.25) is 11.8 Å². The molecule has 2 N–H and O–H groups in total. The van der Waals surface area contributed by atoms with E-state index < -0.39 is 5.60 Å². The molecule has 0 radical (unpaired) electrons. The van der Waals surface area contributed by atoms with Crippen LogP contribution in [0.4, 0.5) is 0 Å². The van der Waals surface area contributed by atoms with E-state index in [9.17, 15) is 14.7 Å². The fraction of sp³-hybridized carbons (Fsp3) is 0.889. The van der Waals surface area contributed by atoms with Crippen LogP contribution in [0, 0.1) is 5.92 Å². The van der Waals surface area contributed by atoms with Crippen molar-refractivity contribution in [2.24, 2.45) is 5.92 Å². The van der Waals surface area contributed by atoms with Crippen LogP contribution in [0.15, 0.2) is 0 Å². The molecule has 1 aliphatic carbocycles. The van der Waals surface area contributed by atoms with Gasteiger partial charge in [0.25, 0.3) is 0 Å². The maximum Gasteiger partial charge on any atom is 0.224 e. The maximum absolute atomic E-state index is 12.5. The van der Waals surface area contributed by atoms with Crippen molar-refractivity contribution in [2.45, 2.75) is 89.8 Å². The number of rotatable bonds is 5. The molecule has 5 heteroatoms. The van der Waals surface area contributed by atoms with Gasteiger partial charge in [-0.1, -0.05) is 19.3 Å². The van der Waals surface area contributed by atoms with Crippen LogP contribution in [-0.4, -0.2) is 46.1 Å². The molecule has 0 aromatic heterocycles. The lowest BCUT2D eigenvalue weighted by molar-refractivity contribution is -0.137. The highest BCUT2D eigenvalue weighted by Gasteiger charge is 2.38. The third kappa shape index (κ3) is 4.93. The highest BCUT2D eigenvalue weighted by molar-refractivity contribution is 5.81. The van der Waals surface area contributed by atoms with Crippen molar-refractivity contribution in [3.8, 4) is 0 Å². The highest BCUT2D eigenvalue weighted by Crippen LogP contribution is 2.28. The summed E-state index contributed by atoms with van der Waals surface area (Å²) in [4.78, 5) is 26.6. The number of carbonyl (C=O) groups excluding carboxylic acids is 2. The topological polar surface area (TPSA) is 69.6 Å². The van der Waals surface area contributed by atoms with Gasteiger partial charge in [0.1, 0.15) is 0 Å². The minimum atomic E-state index is -0.874. The lowest BCUT2D eigenvalue weighted by Gasteiger charge is -2.34. The second kappa shape index (κ2) is 7.65. The van der Waals surface area contributed by atoms with Crippen LogP contribution in [-0.2, 0) is 9.59 Å². The summed E-state index contributed by atoms with van der Waals surface area (Å²) in [6.45, 7) is 6.12. The van der Waals surface area contributed by atoms with Gasteiger partial charge in [-0.3, -0.25) is 9.59 Å². The highest BCUT2D eigenvalue weighted by atomic mass is 16.3. The molecule has 132 valence electrons. The molecule has 2 fully saturated rings. The minimum Gasteiger partial charge on any atom is -0.388 e. The van der Waals surface area contributed by atoms with Gasteiger partial charge >= 0.3 is 0 Å². The van der Waals surface area contributed by atoms with Crippen LogP contribution in [0.2, 0.25) is 0 Å². The normalized spacial score (nSPS) is 24.5. The van der Waals surface area contributed by atoms with E-state index in [0.717, 1.165) is 38.5 Å². The zero-order chi connectivity index (χ0) is 17.0. The van der Waals surface area contributed by atoms with Gasteiger partial charge in [0, 0.05) is 24.9 Å². The number of hydrogen-bond acceptors (Lipinski definition) is 3. The monoisotopic (exact) mass is 324 g/mol. The first kappa shape index (κ1) is 18.2. The first-order valence-corrected chi connectivity index (χ1v) is 9.11. The number of aliphatic hydroxyl groups is 1. The Morgan fingerprint density at radius 2 is 1.83 bits per heavy atom. The lowest BCUT2D eigenvalue weighted by Crippen LogP contribution is -2.49. The zero-order valence-corrected chi connectivity index (χ0v) is 14.8. The van der Waals surface area contributed by atoms with E-state index in [1.807, 2.05) is 6.92 Å². The molecule has 2 amide bonds. The fourth-order valence-corrected chi connectivity index (χ4v) is 3.96. The van der Waals surface area contributed by atoms with Gasteiger partial charge in [-0.05, 0) is 46.5 Å². The lowest BCUT2D eigenvalue weighted by atomic mass is 9.88. The summed E-state index contributed by atoms with van der Waals surface area (Å²) >= 11 is 0. The molecule has 1 saturated carbocycles. The Morgan fingerprint density at radius 1 is 1.17 bits per heavy atom. The molecule has 1 saturated heterocycles. The average Bonchev–Trinajstić information content (AvgIpc) is 2.97. The van der Waals surface area contributed by atoms with E-state index in [0.29, 0.717) is 13.0 Å². The zero-order valence-electron chi connectivity index (χ0n) is 14.8. The molecular formula is C18H32N2O3. The van der Waals surface area contributed by atoms with Gasteiger partial charge in [-0.2, -0.15) is 0 Å². The third-order valence-electron chi connectivity index (χ3n) is 5.23. The van der Waals surface area contributed by atoms with Crippen LogP contribution >= 0.6 is 0 Å². The fourth-order valence-electron chi connectivity index (χ4n) is 3.96. The predicted octanol–water partition coefficient (Wildman–Crippen LogP) is 2.22. The second-order valence-corrected chi connectivity index (χ2v) is 7.85. The molecule has 23 heavy (non-hydrogen) atoms. The number of nitrogens with zero attached hydrogens (tertiary/aromatic N) is 1. The SMILES string of the molecule is CC(CC(=O)N1CCCC1C(C)(C)O)NC(=O)C1CCCCC1. The van der Waals surface area contributed by atoms with Crippen molar-refractivity contribution in [3.63, 3.8) is 0 Å². The van der Waals surface area contributed by atoms with E-state index in [4.69, 9.17) is 0 Å². The molecule has 5 nitrogen and oxygen atoms in total. The van der Waals surface area contributed by atoms with E-state index in [1.165, 1.54) is 6.42 Å². The third-order valence-corrected chi connectivity index (χ3v) is 5.23. The van der Waals surface area contributed by atoms with Crippen LogP contribution in [0.3, 0.4) is 0 Å². The van der Waals surface area contributed by atoms with Gasteiger partial charge < -0.3 is 15.3 Å². The largest absolute Gasteiger partial charge is 0.388 e. The van der Waals surface area contributed by atoms with E-state index in [-0.39, 0.29) is 29.8 Å². The van der Waals surface area contributed by atoms with Crippen LogP contribution in [0.1, 0.15) is 72.1 Å². The first-order chi connectivity index (χ1) is 10.8. The summed E-state index contributed by atoms with van der Waals surface area (Å²) in [6, 6.07) is -0.267. The Hall–Kier alpha value is -1.10. The maximum atomic E-state index is 12.5. The molecule has 2 atom stereocenters. The summed E-state index contributed by atoms with van der Waals surface area (Å²) < 4.78 is 0. The number of nitrogens with one attached hydrogen (secondary N) is 1. The number of carbonyl (C=O) groups is 2. The molecule has 0 bridgehead atoms. The van der Waals surface area contributed by atoms with Gasteiger partial charge in [-0.15, -0.1) is 0 Å². The molecule has 2 aliphatic rings. The van der Waals surface area contributed by atoms with Crippen LogP contribution in [0.25, 0.3) is 0 Å². The van der Waals surface area contributed by atoms with Crippen molar-refractivity contribution in [2.75, 3.05) is 6.54 Å². The number of likely N-dealkylation sites (tertiary alicyclic amines) is 1. The van der Waals surface area contributed by atoms with E-state index in [1.54, 1.807) is 18.7 Å². The van der Waals surface area contributed by atoms with E-state index in [2.05, 4.69) is 5.32 Å². The summed E-state index contributed by atoms with van der Waals surface area (Å²) in [5.74, 6) is 0.258. The average molecular weight is 324 g/mol. The summed E-state index contributed by atoms with van der Waals surface area (Å²) in [6.07, 6.45) is 7.52. The molecule has 2 unspecified atom stereocenters. The van der Waals surface area contributed by atoms with Gasteiger partial charge in [0.05, 0.1) is 11.6 Å². The van der Waals surface area contributed by atoms with Crippen LogP contribution in [0.5, 0.6) is 0 Å². The number of hydrogen-bond donors (Lipinski definition) is 2. The summed E-state index contributed by atoms with van der Waals surface area (Å²) in [5.41, 5.74) is -0.874. The summed E-state index contributed by atoms with van der Waals surface area (Å²) in [5, 5.41) is 13.2. The van der Waals surface area contributed by atoms with Gasteiger partial charge in [-0.25, -0.2) is 0 Å². The Kier molecular flexibility index (Phi) is 6.06. The van der Waals surface area contributed by atoms with Crippen LogP contribution < -0.4 is 5.32 Å². The molecular weight excluding hydrogens is 292 g/mol. The molecule has 0 aromatic carbocycles. The summed E-state index contributed by atoms with van der Waals surface area (Å²) in [7, 11) is 0. The Bertz CT molecular complexity index is 424. The Balaban J connectivity index is 1.83. The molecule has 0 spiro atoms. The smallest absolute Gasteiger partial charge is 0.224 e. The number of amides is 2. The van der Waals surface area contributed by atoms with Crippen molar-refractivity contribution < 1.29 is 14.7 Å². The van der Waals surface area contributed by atoms with Crippen molar-refractivity contribution in [1.29, 1.82) is 0 Å². The first-order valence-electron chi connectivity index (χ1n) is 9.11. The van der Waals surface area contributed by atoms with E-state index >= 15 is 0 Å². The molecule has 1 heterocycles. The molecule has 0 aromatic rings. The Labute approximate surface area is 139 Å². The standard InChI is InChI=1S/C18H32N2O3/c1-13(19-17(22)14-8-5-4-6-9-14)12-16(21)20-11-7-10-15(20)18(2,3)23/h13-15,23H,4-12H2,1-3H3,(H,19,22).